The number of nitrogens with zero attached hydrogens (tertiary/aromatic N) is 3. The lowest BCUT2D eigenvalue weighted by atomic mass is 9.58. The third-order valence-corrected chi connectivity index (χ3v) is 6.47. The lowest BCUT2D eigenvalue weighted by Crippen LogP contribution is -2.42. The van der Waals surface area contributed by atoms with E-state index in [1.54, 1.807) is 0 Å². The molecule has 0 unspecified atom stereocenters. The van der Waals surface area contributed by atoms with E-state index in [-0.39, 0.29) is 17.5 Å². The Kier molecular flexibility index (Phi) is 4.02. The summed E-state index contributed by atoms with van der Waals surface area (Å²) in [6.45, 7) is 0. The van der Waals surface area contributed by atoms with E-state index in [1.165, 1.54) is 11.3 Å². The van der Waals surface area contributed by atoms with Gasteiger partial charge < -0.3 is 5.73 Å². The molecule has 1 aromatic rings. The monoisotopic (exact) mass is 384 g/mol. The molecule has 1 heterocycles. The van der Waals surface area contributed by atoms with Gasteiger partial charge in [0.05, 0.1) is 23.4 Å². The highest BCUT2D eigenvalue weighted by Crippen LogP contribution is 2.56. The Hall–Kier alpha value is -2.07. The topological polar surface area (TPSA) is 97.4 Å². The first-order valence-corrected chi connectivity index (χ1v) is 8.93. The first-order chi connectivity index (χ1) is 11.1. The molecule has 0 aliphatic heterocycles. The van der Waals surface area contributed by atoms with Gasteiger partial charge in [-0.2, -0.15) is 15.8 Å². The summed E-state index contributed by atoms with van der Waals surface area (Å²) in [6.07, 6.45) is 4.80. The molecule has 114 valence electrons. The van der Waals surface area contributed by atoms with Gasteiger partial charge in [0.25, 0.3) is 0 Å². The van der Waals surface area contributed by atoms with Crippen LogP contribution in [-0.2, 0) is 0 Å². The summed E-state index contributed by atoms with van der Waals surface area (Å²) in [4.78, 5) is 0.956. The van der Waals surface area contributed by atoms with E-state index in [0.29, 0.717) is 5.57 Å². The molecule has 2 aliphatic rings. The summed E-state index contributed by atoms with van der Waals surface area (Å²) in [6, 6.07) is 8.37. The van der Waals surface area contributed by atoms with Gasteiger partial charge in [-0.05, 0) is 52.7 Å². The van der Waals surface area contributed by atoms with Gasteiger partial charge in [0.2, 0.25) is 0 Å². The quantitative estimate of drug-likeness (QED) is 0.787. The summed E-state index contributed by atoms with van der Waals surface area (Å²) in [7, 11) is 0. The number of hydrogen-bond acceptors (Lipinski definition) is 5. The number of rotatable bonds is 1. The van der Waals surface area contributed by atoms with Crippen LogP contribution in [0.1, 0.15) is 30.1 Å². The fraction of sp³-hybridized carbons (Fsp3) is 0.353. The highest BCUT2D eigenvalue weighted by atomic mass is 79.9. The molecular weight excluding hydrogens is 372 g/mol. The van der Waals surface area contributed by atoms with Gasteiger partial charge in [-0.3, -0.25) is 0 Å². The van der Waals surface area contributed by atoms with Crippen LogP contribution in [0.15, 0.2) is 38.8 Å². The fourth-order valence-electron chi connectivity index (χ4n) is 3.67. The molecule has 23 heavy (non-hydrogen) atoms. The maximum absolute atomic E-state index is 9.83. The maximum Gasteiger partial charge on any atom is 0.192 e. The van der Waals surface area contributed by atoms with Crippen molar-refractivity contribution in [3.8, 4) is 18.2 Å². The number of fused-ring (bicyclic) bond motifs is 1. The van der Waals surface area contributed by atoms with E-state index in [1.807, 2.05) is 17.5 Å². The van der Waals surface area contributed by atoms with E-state index < -0.39 is 5.41 Å². The second-order valence-corrected chi connectivity index (χ2v) is 7.63. The Labute approximate surface area is 147 Å². The molecule has 0 radical (unpaired) electrons. The second-order valence-electron chi connectivity index (χ2n) is 5.77. The van der Waals surface area contributed by atoms with Gasteiger partial charge in [-0.25, -0.2) is 0 Å². The van der Waals surface area contributed by atoms with Gasteiger partial charge in [0, 0.05) is 20.6 Å². The Bertz CT molecular complexity index is 829. The number of nitriles is 3. The van der Waals surface area contributed by atoms with Crippen molar-refractivity contribution in [1.82, 2.24) is 0 Å². The fourth-order valence-corrected chi connectivity index (χ4v) is 5.35. The summed E-state index contributed by atoms with van der Waals surface area (Å²) in [5.74, 6) is -0.354. The zero-order valence-electron chi connectivity index (χ0n) is 12.2. The van der Waals surface area contributed by atoms with Crippen LogP contribution in [0.2, 0.25) is 0 Å². The SMILES string of the molecule is N#CC1=C(N)C(C#N)(C#N)[C@H](c2cc(Br)cs2)[C@@H]2CCCC=C12. The van der Waals surface area contributed by atoms with Crippen LogP contribution in [0.25, 0.3) is 0 Å². The Morgan fingerprint density at radius 3 is 2.61 bits per heavy atom. The molecule has 3 rings (SSSR count). The molecule has 0 amide bonds. The molecule has 2 atom stereocenters. The number of allylic oxidation sites excluding steroid dienone is 4. The molecule has 0 spiro atoms. The molecule has 0 saturated heterocycles. The van der Waals surface area contributed by atoms with Crippen molar-refractivity contribution >= 4 is 27.3 Å². The van der Waals surface area contributed by atoms with E-state index in [9.17, 15) is 15.8 Å². The first kappa shape index (κ1) is 15.8. The smallest absolute Gasteiger partial charge is 0.192 e. The van der Waals surface area contributed by atoms with Gasteiger partial charge in [0.1, 0.15) is 6.07 Å². The van der Waals surface area contributed by atoms with E-state index in [0.717, 1.165) is 34.2 Å². The van der Waals surface area contributed by atoms with Gasteiger partial charge in [-0.1, -0.05) is 6.08 Å². The molecule has 0 aromatic carbocycles. The third kappa shape index (κ3) is 2.20. The van der Waals surface area contributed by atoms with Crippen molar-refractivity contribution < 1.29 is 0 Å². The van der Waals surface area contributed by atoms with Crippen molar-refractivity contribution in [3.05, 3.63) is 43.7 Å². The number of halogens is 1. The summed E-state index contributed by atoms with van der Waals surface area (Å²) in [5, 5.41) is 31.1. The predicted octanol–water partition coefficient (Wildman–Crippen LogP) is 4.10. The van der Waals surface area contributed by atoms with Crippen LogP contribution in [0.3, 0.4) is 0 Å². The zero-order chi connectivity index (χ0) is 16.6. The molecule has 0 fully saturated rings. The number of hydrogen-bond donors (Lipinski definition) is 1. The third-order valence-electron chi connectivity index (χ3n) is 4.69. The summed E-state index contributed by atoms with van der Waals surface area (Å²) in [5.41, 5.74) is 6.04. The predicted molar refractivity (Wildman–Crippen MR) is 90.7 cm³/mol. The first-order valence-electron chi connectivity index (χ1n) is 7.26. The van der Waals surface area contributed by atoms with Crippen molar-refractivity contribution in [2.75, 3.05) is 0 Å². The lowest BCUT2D eigenvalue weighted by Gasteiger charge is -2.42. The van der Waals surface area contributed by atoms with Gasteiger partial charge >= 0.3 is 0 Å². The highest BCUT2D eigenvalue weighted by Gasteiger charge is 2.54. The molecule has 2 N–H and O–H groups in total. The minimum atomic E-state index is -1.49. The zero-order valence-corrected chi connectivity index (χ0v) is 14.6. The number of thiophene rings is 1. The van der Waals surface area contributed by atoms with Crippen molar-refractivity contribution in [2.45, 2.75) is 25.2 Å². The molecule has 0 bridgehead atoms. The Morgan fingerprint density at radius 1 is 1.30 bits per heavy atom. The van der Waals surface area contributed by atoms with Crippen LogP contribution in [-0.4, -0.2) is 0 Å². The van der Waals surface area contributed by atoms with Crippen LogP contribution >= 0.6 is 27.3 Å². The molecule has 4 nitrogen and oxygen atoms in total. The van der Waals surface area contributed by atoms with Crippen LogP contribution in [0.4, 0.5) is 0 Å². The Morgan fingerprint density at radius 2 is 2.04 bits per heavy atom. The van der Waals surface area contributed by atoms with Gasteiger partial charge in [0.15, 0.2) is 5.41 Å². The van der Waals surface area contributed by atoms with E-state index in [2.05, 4.69) is 34.1 Å². The highest BCUT2D eigenvalue weighted by molar-refractivity contribution is 9.10. The molecular formula is C17H13BrN4S. The molecule has 2 aliphatic carbocycles. The lowest BCUT2D eigenvalue weighted by molar-refractivity contribution is 0.321. The summed E-state index contributed by atoms with van der Waals surface area (Å²) < 4.78 is 0.928. The van der Waals surface area contributed by atoms with Crippen LogP contribution in [0, 0.1) is 45.3 Å². The maximum atomic E-state index is 9.83. The minimum absolute atomic E-state index is 0.0180. The molecule has 1 aromatic heterocycles. The Balaban J connectivity index is 2.33. The average Bonchev–Trinajstić information content (AvgIpc) is 3.00. The largest absolute Gasteiger partial charge is 0.399 e. The minimum Gasteiger partial charge on any atom is -0.399 e. The second kappa shape index (κ2) is 5.85. The number of nitrogens with two attached hydrogens (primary N) is 1. The normalized spacial score (nSPS) is 25.6. The van der Waals surface area contributed by atoms with Gasteiger partial charge in [-0.15, -0.1) is 11.3 Å². The van der Waals surface area contributed by atoms with Crippen LogP contribution < -0.4 is 5.73 Å². The summed E-state index contributed by atoms with van der Waals surface area (Å²) >= 11 is 4.96. The van der Waals surface area contributed by atoms with Crippen molar-refractivity contribution in [2.24, 2.45) is 17.1 Å². The van der Waals surface area contributed by atoms with Crippen molar-refractivity contribution in [3.63, 3.8) is 0 Å². The standard InChI is InChI=1S/C17H13BrN4S/c18-10-5-14(23-7-10)15-12-4-2-1-3-11(12)13(6-19)16(22)17(15,8-20)9-21/h3,5,7,12,15H,1-2,4,22H2/t12-,15+/m1/s1. The molecule has 0 saturated carbocycles. The van der Waals surface area contributed by atoms with Crippen LogP contribution in [0.5, 0.6) is 0 Å². The molecule has 6 heteroatoms. The average molecular weight is 385 g/mol. The van der Waals surface area contributed by atoms with Crippen molar-refractivity contribution in [1.29, 1.82) is 15.8 Å². The van der Waals surface area contributed by atoms with E-state index >= 15 is 0 Å². The van der Waals surface area contributed by atoms with E-state index in [4.69, 9.17) is 5.73 Å².